The Bertz CT molecular complexity index is 828. The van der Waals surface area contributed by atoms with Crippen molar-refractivity contribution in [3.8, 4) is 0 Å². The van der Waals surface area contributed by atoms with Gasteiger partial charge >= 0.3 is 5.97 Å². The number of pyridine rings is 2. The van der Waals surface area contributed by atoms with Gasteiger partial charge in [-0.15, -0.1) is 0 Å². The second-order valence-corrected chi connectivity index (χ2v) is 5.98. The first-order valence-corrected chi connectivity index (χ1v) is 8.05. The molecule has 0 saturated carbocycles. The number of aromatic nitrogens is 2. The van der Waals surface area contributed by atoms with E-state index in [4.69, 9.17) is 0 Å². The highest BCUT2D eigenvalue weighted by Crippen LogP contribution is 2.16. The summed E-state index contributed by atoms with van der Waals surface area (Å²) in [6, 6.07) is 3.19. The van der Waals surface area contributed by atoms with E-state index in [0.717, 1.165) is 5.56 Å². The molecule has 25 heavy (non-hydrogen) atoms. The van der Waals surface area contributed by atoms with Gasteiger partial charge in [0.15, 0.2) is 0 Å². The standard InChI is InChI=1S/C18H21N3O4/c1-4-15(12-6-5-7-19-8-12)20-17(23)13-9-21(11(2)3)10-14(16(13)22)18(24)25/h5-11,15H,4H2,1-3H3,(H,20,23)(H,24,25)/t15-/m1/s1. The van der Waals surface area contributed by atoms with Crippen molar-refractivity contribution in [1.82, 2.24) is 14.9 Å². The van der Waals surface area contributed by atoms with Gasteiger partial charge in [0.25, 0.3) is 5.91 Å². The first kappa shape index (κ1) is 18.4. The predicted molar refractivity (Wildman–Crippen MR) is 92.8 cm³/mol. The van der Waals surface area contributed by atoms with E-state index in [0.29, 0.717) is 6.42 Å². The fourth-order valence-corrected chi connectivity index (χ4v) is 2.45. The van der Waals surface area contributed by atoms with Crippen LogP contribution in [0, 0.1) is 0 Å². The van der Waals surface area contributed by atoms with Gasteiger partial charge in [0.1, 0.15) is 11.1 Å². The number of carboxylic acid groups (broad SMARTS) is 1. The maximum atomic E-state index is 12.6. The molecule has 0 unspecified atom stereocenters. The number of carbonyl (C=O) groups excluding carboxylic acids is 1. The second kappa shape index (κ2) is 7.74. The van der Waals surface area contributed by atoms with E-state index in [1.807, 2.05) is 26.8 Å². The van der Waals surface area contributed by atoms with E-state index in [-0.39, 0.29) is 17.6 Å². The molecule has 2 rings (SSSR count). The maximum absolute atomic E-state index is 12.6. The number of carboxylic acids is 1. The van der Waals surface area contributed by atoms with Crippen LogP contribution in [-0.2, 0) is 0 Å². The van der Waals surface area contributed by atoms with E-state index in [9.17, 15) is 19.5 Å². The maximum Gasteiger partial charge on any atom is 0.341 e. The number of hydrogen-bond donors (Lipinski definition) is 2. The monoisotopic (exact) mass is 343 g/mol. The molecule has 132 valence electrons. The van der Waals surface area contributed by atoms with Crippen molar-refractivity contribution >= 4 is 11.9 Å². The Morgan fingerprint density at radius 3 is 2.48 bits per heavy atom. The van der Waals surface area contributed by atoms with Gasteiger partial charge in [0, 0.05) is 30.8 Å². The van der Waals surface area contributed by atoms with Crippen molar-refractivity contribution in [2.24, 2.45) is 0 Å². The average molecular weight is 343 g/mol. The second-order valence-electron chi connectivity index (χ2n) is 5.98. The lowest BCUT2D eigenvalue weighted by Gasteiger charge is -2.18. The van der Waals surface area contributed by atoms with Crippen molar-refractivity contribution in [2.45, 2.75) is 39.3 Å². The van der Waals surface area contributed by atoms with E-state index in [1.54, 1.807) is 23.0 Å². The average Bonchev–Trinajstić information content (AvgIpc) is 2.59. The summed E-state index contributed by atoms with van der Waals surface area (Å²) in [7, 11) is 0. The Labute approximate surface area is 145 Å². The number of amides is 1. The zero-order chi connectivity index (χ0) is 18.6. The molecule has 0 aliphatic carbocycles. The molecule has 0 saturated heterocycles. The third-order valence-corrected chi connectivity index (χ3v) is 3.92. The van der Waals surface area contributed by atoms with Crippen molar-refractivity contribution in [3.05, 3.63) is 63.8 Å². The van der Waals surface area contributed by atoms with Gasteiger partial charge in [0.05, 0.1) is 6.04 Å². The third-order valence-electron chi connectivity index (χ3n) is 3.92. The first-order valence-electron chi connectivity index (χ1n) is 8.05. The summed E-state index contributed by atoms with van der Waals surface area (Å²) in [6.45, 7) is 5.57. The van der Waals surface area contributed by atoms with Crippen LogP contribution >= 0.6 is 0 Å². The van der Waals surface area contributed by atoms with Crippen LogP contribution in [0.5, 0.6) is 0 Å². The normalized spacial score (nSPS) is 12.0. The summed E-state index contributed by atoms with van der Waals surface area (Å²) >= 11 is 0. The zero-order valence-corrected chi connectivity index (χ0v) is 14.4. The zero-order valence-electron chi connectivity index (χ0n) is 14.4. The molecule has 7 heteroatoms. The largest absolute Gasteiger partial charge is 0.477 e. The minimum atomic E-state index is -1.35. The van der Waals surface area contributed by atoms with Crippen LogP contribution in [0.25, 0.3) is 0 Å². The Morgan fingerprint density at radius 1 is 1.28 bits per heavy atom. The molecule has 2 heterocycles. The number of hydrogen-bond acceptors (Lipinski definition) is 4. The lowest BCUT2D eigenvalue weighted by atomic mass is 10.1. The van der Waals surface area contributed by atoms with E-state index in [2.05, 4.69) is 10.3 Å². The summed E-state index contributed by atoms with van der Waals surface area (Å²) in [5.41, 5.74) is -0.577. The number of carbonyl (C=O) groups is 2. The fraction of sp³-hybridized carbons (Fsp3) is 0.333. The van der Waals surface area contributed by atoms with E-state index >= 15 is 0 Å². The van der Waals surface area contributed by atoms with Gasteiger partial charge < -0.3 is 15.0 Å². The van der Waals surface area contributed by atoms with Crippen LogP contribution < -0.4 is 10.7 Å². The molecule has 0 bridgehead atoms. The van der Waals surface area contributed by atoms with E-state index < -0.39 is 22.9 Å². The van der Waals surface area contributed by atoms with Crippen molar-refractivity contribution in [1.29, 1.82) is 0 Å². The topological polar surface area (TPSA) is 101 Å². The van der Waals surface area contributed by atoms with Crippen LogP contribution in [-0.4, -0.2) is 26.5 Å². The van der Waals surface area contributed by atoms with Gasteiger partial charge in [-0.25, -0.2) is 4.79 Å². The SMILES string of the molecule is CC[C@@H](NC(=O)c1cn(C(C)C)cc(C(=O)O)c1=O)c1cccnc1. The summed E-state index contributed by atoms with van der Waals surface area (Å²) in [4.78, 5) is 40.3. The summed E-state index contributed by atoms with van der Waals surface area (Å²) < 4.78 is 1.55. The molecule has 2 aromatic heterocycles. The predicted octanol–water partition coefficient (Wildman–Crippen LogP) is 2.40. The summed E-state index contributed by atoms with van der Waals surface area (Å²) in [5, 5.41) is 12.0. The molecule has 0 aromatic carbocycles. The molecular weight excluding hydrogens is 322 g/mol. The number of nitrogens with one attached hydrogen (secondary N) is 1. The minimum Gasteiger partial charge on any atom is -0.477 e. The quantitative estimate of drug-likeness (QED) is 0.839. The van der Waals surface area contributed by atoms with Crippen molar-refractivity contribution in [3.63, 3.8) is 0 Å². The van der Waals surface area contributed by atoms with Crippen LogP contribution in [0.1, 0.15) is 65.6 Å². The van der Waals surface area contributed by atoms with Crippen LogP contribution in [0.15, 0.2) is 41.7 Å². The van der Waals surface area contributed by atoms with Gasteiger partial charge in [-0.05, 0) is 31.9 Å². The van der Waals surface area contributed by atoms with Crippen LogP contribution in [0.4, 0.5) is 0 Å². The molecule has 0 radical (unpaired) electrons. The number of aromatic carboxylic acids is 1. The minimum absolute atomic E-state index is 0.0921. The lowest BCUT2D eigenvalue weighted by molar-refractivity contribution is 0.0694. The Balaban J connectivity index is 2.41. The smallest absolute Gasteiger partial charge is 0.341 e. The molecule has 2 N–H and O–H groups in total. The van der Waals surface area contributed by atoms with Crippen LogP contribution in [0.2, 0.25) is 0 Å². The third kappa shape index (κ3) is 4.12. The molecule has 0 fully saturated rings. The van der Waals surface area contributed by atoms with Gasteiger partial charge in [-0.3, -0.25) is 14.6 Å². The van der Waals surface area contributed by atoms with Crippen molar-refractivity contribution < 1.29 is 14.7 Å². The highest BCUT2D eigenvalue weighted by atomic mass is 16.4. The highest BCUT2D eigenvalue weighted by Gasteiger charge is 2.21. The number of nitrogens with zero attached hydrogens (tertiary/aromatic N) is 2. The molecule has 0 aliphatic rings. The number of rotatable bonds is 6. The van der Waals surface area contributed by atoms with Crippen molar-refractivity contribution in [2.75, 3.05) is 0 Å². The summed E-state index contributed by atoms with van der Waals surface area (Å²) in [5.74, 6) is -1.95. The molecule has 7 nitrogen and oxygen atoms in total. The molecule has 1 amide bonds. The van der Waals surface area contributed by atoms with Gasteiger partial charge in [0.2, 0.25) is 5.43 Å². The lowest BCUT2D eigenvalue weighted by Crippen LogP contribution is -2.34. The van der Waals surface area contributed by atoms with Gasteiger partial charge in [-0.2, -0.15) is 0 Å². The molecule has 0 aliphatic heterocycles. The van der Waals surface area contributed by atoms with E-state index in [1.165, 1.54) is 12.4 Å². The molecular formula is C18H21N3O4. The first-order chi connectivity index (χ1) is 11.8. The van der Waals surface area contributed by atoms with Crippen LogP contribution in [0.3, 0.4) is 0 Å². The Kier molecular flexibility index (Phi) is 5.69. The Hall–Kier alpha value is -2.96. The highest BCUT2D eigenvalue weighted by molar-refractivity contribution is 5.97. The molecule has 2 aromatic rings. The Morgan fingerprint density at radius 2 is 1.96 bits per heavy atom. The fourth-order valence-electron chi connectivity index (χ4n) is 2.45. The molecule has 1 atom stereocenters. The molecule has 0 spiro atoms. The summed E-state index contributed by atoms with van der Waals surface area (Å²) in [6.07, 6.45) is 6.54. The van der Waals surface area contributed by atoms with Gasteiger partial charge in [-0.1, -0.05) is 13.0 Å².